The number of hydrogen-bond donors (Lipinski definition) is 1. The maximum atomic E-state index is 13.6. The predicted molar refractivity (Wildman–Crippen MR) is 95.1 cm³/mol. The summed E-state index contributed by atoms with van der Waals surface area (Å²) in [5.41, 5.74) is -2.58. The average Bonchev–Trinajstić information content (AvgIpc) is 2.99. The van der Waals surface area contributed by atoms with Gasteiger partial charge in [0.15, 0.2) is 5.69 Å². The van der Waals surface area contributed by atoms with E-state index in [-0.39, 0.29) is 33.1 Å². The highest BCUT2D eigenvalue weighted by molar-refractivity contribution is 6.42. The highest BCUT2D eigenvalue weighted by Crippen LogP contribution is 2.37. The summed E-state index contributed by atoms with van der Waals surface area (Å²) in [4.78, 5) is 18.2. The fourth-order valence-corrected chi connectivity index (χ4v) is 2.60. The summed E-state index contributed by atoms with van der Waals surface area (Å²) in [6.07, 6.45) is -3.61. The van der Waals surface area contributed by atoms with Crippen molar-refractivity contribution in [3.63, 3.8) is 0 Å². The highest BCUT2D eigenvalue weighted by Gasteiger charge is 2.39. The second-order valence-electron chi connectivity index (χ2n) is 5.49. The number of aromatic nitrogens is 4. The van der Waals surface area contributed by atoms with E-state index in [1.54, 1.807) is 0 Å². The molecule has 0 aliphatic carbocycles. The van der Waals surface area contributed by atoms with E-state index in [1.165, 1.54) is 43.2 Å². The molecule has 0 unspecified atom stereocenters. The second kappa shape index (κ2) is 7.36. The van der Waals surface area contributed by atoms with Crippen molar-refractivity contribution in [1.82, 2.24) is 19.7 Å². The first-order chi connectivity index (χ1) is 13.1. The SMILES string of the molecule is COc1nn(C)cc1-c1nc(C(F)(F)F)c(Oc2ccc(Cl)c(Cl)c2)c(=O)[nH]1. The van der Waals surface area contributed by atoms with Gasteiger partial charge in [0.05, 0.1) is 22.7 Å². The molecule has 1 aromatic carbocycles. The molecule has 12 heteroatoms. The van der Waals surface area contributed by atoms with E-state index < -0.39 is 23.2 Å². The van der Waals surface area contributed by atoms with E-state index in [9.17, 15) is 18.0 Å². The van der Waals surface area contributed by atoms with Crippen LogP contribution in [0.5, 0.6) is 17.4 Å². The van der Waals surface area contributed by atoms with Crippen molar-refractivity contribution >= 4 is 23.2 Å². The molecule has 3 rings (SSSR count). The Balaban J connectivity index is 2.15. The summed E-state index contributed by atoms with van der Waals surface area (Å²) < 4.78 is 52.1. The summed E-state index contributed by atoms with van der Waals surface area (Å²) in [5, 5.41) is 4.15. The molecule has 1 N–H and O–H groups in total. The lowest BCUT2D eigenvalue weighted by molar-refractivity contribution is -0.142. The van der Waals surface area contributed by atoms with Gasteiger partial charge in [-0.1, -0.05) is 23.2 Å². The Morgan fingerprint density at radius 3 is 2.54 bits per heavy atom. The standard InChI is InChI=1S/C16H11Cl2F3N4O3/c1-25-6-8(15(24-25)27-2)13-22-12(16(19,20)21)11(14(26)23-13)28-7-3-4-9(17)10(18)5-7/h3-6H,1-2H3,(H,22,23,26). The highest BCUT2D eigenvalue weighted by atomic mass is 35.5. The van der Waals surface area contributed by atoms with Gasteiger partial charge < -0.3 is 14.5 Å². The van der Waals surface area contributed by atoms with Crippen LogP contribution in [0.3, 0.4) is 0 Å². The third kappa shape index (κ3) is 3.92. The minimum atomic E-state index is -4.97. The molecule has 0 saturated heterocycles. The Labute approximate surface area is 165 Å². The number of nitrogens with one attached hydrogen (secondary N) is 1. The molecule has 0 bridgehead atoms. The summed E-state index contributed by atoms with van der Waals surface area (Å²) >= 11 is 11.6. The number of methoxy groups -OCH3 is 1. The van der Waals surface area contributed by atoms with Crippen molar-refractivity contribution in [2.75, 3.05) is 7.11 Å². The molecule has 7 nitrogen and oxygen atoms in total. The summed E-state index contributed by atoms with van der Waals surface area (Å²) in [6, 6.07) is 3.77. The van der Waals surface area contributed by atoms with Crippen LogP contribution in [0.4, 0.5) is 13.2 Å². The van der Waals surface area contributed by atoms with Crippen molar-refractivity contribution in [3.05, 3.63) is 50.5 Å². The fraction of sp³-hybridized carbons (Fsp3) is 0.188. The lowest BCUT2D eigenvalue weighted by Gasteiger charge is -2.13. The zero-order valence-electron chi connectivity index (χ0n) is 14.3. The van der Waals surface area contributed by atoms with Gasteiger partial charge in [-0.25, -0.2) is 4.98 Å². The molecule has 0 fully saturated rings. The van der Waals surface area contributed by atoms with Crippen LogP contribution in [0.2, 0.25) is 10.0 Å². The molecule has 0 aliphatic rings. The summed E-state index contributed by atoms with van der Waals surface area (Å²) in [5.74, 6) is -1.52. The largest absolute Gasteiger partial charge is 0.479 e. The van der Waals surface area contributed by atoms with Gasteiger partial charge in [0, 0.05) is 19.3 Å². The Kier molecular flexibility index (Phi) is 5.26. The number of nitrogens with zero attached hydrogens (tertiary/aromatic N) is 3. The van der Waals surface area contributed by atoms with Gasteiger partial charge in [-0.15, -0.1) is 5.10 Å². The maximum absolute atomic E-state index is 13.6. The molecule has 0 amide bonds. The zero-order valence-corrected chi connectivity index (χ0v) is 15.8. The van der Waals surface area contributed by atoms with Crippen LogP contribution >= 0.6 is 23.2 Å². The maximum Gasteiger partial charge on any atom is 0.437 e. The van der Waals surface area contributed by atoms with Crippen LogP contribution in [-0.4, -0.2) is 26.9 Å². The third-order valence-corrected chi connectivity index (χ3v) is 4.24. The lowest BCUT2D eigenvalue weighted by atomic mass is 10.2. The van der Waals surface area contributed by atoms with Crippen molar-refractivity contribution in [3.8, 4) is 28.8 Å². The number of ether oxygens (including phenoxy) is 2. The van der Waals surface area contributed by atoms with Crippen molar-refractivity contribution < 1.29 is 22.6 Å². The molecule has 2 aromatic heterocycles. The topological polar surface area (TPSA) is 82.0 Å². The van der Waals surface area contributed by atoms with Gasteiger partial charge >= 0.3 is 6.18 Å². The first kappa shape index (κ1) is 20.0. The Bertz CT molecular complexity index is 1100. The molecule has 3 aromatic rings. The Morgan fingerprint density at radius 2 is 1.93 bits per heavy atom. The van der Waals surface area contributed by atoms with E-state index in [0.717, 1.165) is 0 Å². The average molecular weight is 435 g/mol. The fourth-order valence-electron chi connectivity index (χ4n) is 2.32. The van der Waals surface area contributed by atoms with E-state index in [2.05, 4.69) is 15.1 Å². The van der Waals surface area contributed by atoms with E-state index in [4.69, 9.17) is 32.7 Å². The monoisotopic (exact) mass is 434 g/mol. The smallest absolute Gasteiger partial charge is 0.437 e. The van der Waals surface area contributed by atoms with E-state index in [0.29, 0.717) is 0 Å². The number of benzene rings is 1. The molecule has 0 spiro atoms. The molecule has 0 atom stereocenters. The minimum Gasteiger partial charge on any atom is -0.479 e. The first-order valence-electron chi connectivity index (χ1n) is 7.52. The minimum absolute atomic E-state index is 0.00285. The van der Waals surface area contributed by atoms with Crippen LogP contribution in [0.15, 0.2) is 29.2 Å². The van der Waals surface area contributed by atoms with Gasteiger partial charge in [-0.05, 0) is 12.1 Å². The van der Waals surface area contributed by atoms with Gasteiger partial charge in [0.25, 0.3) is 5.56 Å². The Morgan fingerprint density at radius 1 is 1.21 bits per heavy atom. The number of aromatic amines is 1. The van der Waals surface area contributed by atoms with Crippen LogP contribution < -0.4 is 15.0 Å². The number of hydrogen-bond acceptors (Lipinski definition) is 5. The molecule has 2 heterocycles. The summed E-state index contributed by atoms with van der Waals surface area (Å²) in [7, 11) is 2.83. The Hall–Kier alpha value is -2.72. The third-order valence-electron chi connectivity index (χ3n) is 3.50. The van der Waals surface area contributed by atoms with Crippen LogP contribution in [0, 0.1) is 0 Å². The summed E-state index contributed by atoms with van der Waals surface area (Å²) in [6.45, 7) is 0. The molecular weight excluding hydrogens is 424 g/mol. The molecule has 0 aliphatic heterocycles. The van der Waals surface area contributed by atoms with Gasteiger partial charge in [-0.3, -0.25) is 9.48 Å². The van der Waals surface area contributed by atoms with Crippen molar-refractivity contribution in [2.24, 2.45) is 7.05 Å². The molecular formula is C16H11Cl2F3N4O3. The van der Waals surface area contributed by atoms with E-state index >= 15 is 0 Å². The van der Waals surface area contributed by atoms with Crippen LogP contribution in [-0.2, 0) is 13.2 Å². The van der Waals surface area contributed by atoms with Gasteiger partial charge in [-0.2, -0.15) is 13.2 Å². The molecule has 148 valence electrons. The number of rotatable bonds is 4. The number of halogens is 5. The molecule has 0 radical (unpaired) electrons. The van der Waals surface area contributed by atoms with E-state index in [1.807, 2.05) is 0 Å². The predicted octanol–water partition coefficient (Wildman–Crippen LogP) is 4.30. The van der Waals surface area contributed by atoms with Gasteiger partial charge in [0.2, 0.25) is 11.6 Å². The second-order valence-corrected chi connectivity index (χ2v) is 6.31. The van der Waals surface area contributed by atoms with Crippen molar-refractivity contribution in [1.29, 1.82) is 0 Å². The zero-order chi connectivity index (χ0) is 20.6. The number of alkyl halides is 3. The normalized spacial score (nSPS) is 11.5. The quantitative estimate of drug-likeness (QED) is 0.661. The van der Waals surface area contributed by atoms with Crippen molar-refractivity contribution in [2.45, 2.75) is 6.18 Å². The molecule has 0 saturated carbocycles. The lowest BCUT2D eigenvalue weighted by Crippen LogP contribution is -2.20. The number of aryl methyl sites for hydroxylation is 1. The van der Waals surface area contributed by atoms with Crippen LogP contribution in [0.1, 0.15) is 5.69 Å². The molecule has 28 heavy (non-hydrogen) atoms. The van der Waals surface area contributed by atoms with Crippen LogP contribution in [0.25, 0.3) is 11.4 Å². The van der Waals surface area contributed by atoms with Gasteiger partial charge in [0.1, 0.15) is 11.6 Å². The number of H-pyrrole nitrogens is 1. The first-order valence-corrected chi connectivity index (χ1v) is 8.28.